The van der Waals surface area contributed by atoms with Gasteiger partial charge in [0.2, 0.25) is 5.95 Å². The van der Waals surface area contributed by atoms with Crippen molar-refractivity contribution in [3.63, 3.8) is 0 Å². The van der Waals surface area contributed by atoms with Gasteiger partial charge in [-0.25, -0.2) is 0 Å². The van der Waals surface area contributed by atoms with Crippen LogP contribution in [0, 0.1) is 12.9 Å². The molecular formula is C5H7FN2O3. The first-order chi connectivity index (χ1) is 4.91. The third-order valence-corrected chi connectivity index (χ3v) is 1.14. The van der Waals surface area contributed by atoms with Gasteiger partial charge in [0.25, 0.3) is 0 Å². The normalized spacial score (nSPS) is 12.1. The molecule has 1 heterocycles. The lowest BCUT2D eigenvalue weighted by atomic mass is 10.4. The van der Waals surface area contributed by atoms with Crippen LogP contribution in [0.3, 0.4) is 0 Å². The third-order valence-electron chi connectivity index (χ3n) is 1.14. The molecule has 1 aromatic rings. The van der Waals surface area contributed by atoms with Gasteiger partial charge >= 0.3 is 6.10 Å². The van der Waals surface area contributed by atoms with Gasteiger partial charge in [0.15, 0.2) is 0 Å². The Morgan fingerprint density at radius 1 is 1.55 bits per heavy atom. The minimum absolute atomic E-state index is 0.117. The Hall–Kier alpha value is -0.980. The van der Waals surface area contributed by atoms with Gasteiger partial charge in [-0.05, 0) is 6.92 Å². The van der Waals surface area contributed by atoms with E-state index in [0.717, 1.165) is 6.20 Å². The second-order valence-electron chi connectivity index (χ2n) is 2.15. The third kappa shape index (κ3) is 1.53. The summed E-state index contributed by atoms with van der Waals surface area (Å²) in [5, 5.41) is 28.4. The molecular weight excluding hydrogens is 155 g/mol. The molecule has 0 fully saturated rings. The predicted molar refractivity (Wildman–Crippen MR) is 31.6 cm³/mol. The van der Waals surface area contributed by atoms with Crippen LogP contribution in [0.2, 0.25) is 0 Å². The van der Waals surface area contributed by atoms with Crippen molar-refractivity contribution >= 4 is 0 Å². The van der Waals surface area contributed by atoms with Crippen molar-refractivity contribution in [3.8, 4) is 0 Å². The first-order valence-electron chi connectivity index (χ1n) is 2.80. The maximum absolute atomic E-state index is 12.4. The van der Waals surface area contributed by atoms with Crippen molar-refractivity contribution in [1.29, 1.82) is 0 Å². The standard InChI is InChI=1S/C5H7FN2O3/c1-3-2-8(5(9,10)11)7-4(3)6/h2,9-11H,1H3. The van der Waals surface area contributed by atoms with Crippen molar-refractivity contribution < 1.29 is 19.7 Å². The molecule has 0 amide bonds. The van der Waals surface area contributed by atoms with E-state index in [-0.39, 0.29) is 5.56 Å². The minimum atomic E-state index is -3.13. The van der Waals surface area contributed by atoms with Crippen LogP contribution in [-0.4, -0.2) is 25.1 Å². The molecule has 0 aliphatic heterocycles. The Kier molecular flexibility index (Phi) is 1.67. The molecule has 5 nitrogen and oxygen atoms in total. The molecule has 0 unspecified atom stereocenters. The SMILES string of the molecule is Cc1cn(C(O)(O)O)nc1F. The van der Waals surface area contributed by atoms with Crippen LogP contribution in [0.5, 0.6) is 0 Å². The number of halogens is 1. The lowest BCUT2D eigenvalue weighted by molar-refractivity contribution is -0.381. The van der Waals surface area contributed by atoms with Gasteiger partial charge in [0.1, 0.15) is 0 Å². The average molecular weight is 162 g/mol. The molecule has 0 radical (unpaired) electrons. The van der Waals surface area contributed by atoms with E-state index in [1.165, 1.54) is 6.92 Å². The Morgan fingerprint density at radius 2 is 2.09 bits per heavy atom. The summed E-state index contributed by atoms with van der Waals surface area (Å²) < 4.78 is 12.7. The number of aromatic nitrogens is 2. The van der Waals surface area contributed by atoms with Crippen molar-refractivity contribution in [2.24, 2.45) is 0 Å². The summed E-state index contributed by atoms with van der Waals surface area (Å²) >= 11 is 0. The number of aryl methyl sites for hydroxylation is 1. The molecule has 0 atom stereocenters. The monoisotopic (exact) mass is 162 g/mol. The molecule has 3 N–H and O–H groups in total. The number of rotatable bonds is 1. The number of hydrogen-bond donors (Lipinski definition) is 3. The van der Waals surface area contributed by atoms with E-state index < -0.39 is 12.0 Å². The van der Waals surface area contributed by atoms with Crippen LogP contribution >= 0.6 is 0 Å². The maximum Gasteiger partial charge on any atom is 0.389 e. The second kappa shape index (κ2) is 2.26. The van der Waals surface area contributed by atoms with Gasteiger partial charge in [-0.2, -0.15) is 9.07 Å². The molecule has 0 aliphatic rings. The average Bonchev–Trinajstić information content (AvgIpc) is 2.11. The van der Waals surface area contributed by atoms with Crippen LogP contribution in [0.25, 0.3) is 0 Å². The summed E-state index contributed by atoms with van der Waals surface area (Å²) in [5.41, 5.74) is 0.117. The predicted octanol–water partition coefficient (Wildman–Crippen LogP) is -1.12. The molecule has 1 rings (SSSR count). The van der Waals surface area contributed by atoms with E-state index >= 15 is 0 Å². The topological polar surface area (TPSA) is 78.5 Å². The molecule has 0 aromatic carbocycles. The fourth-order valence-corrected chi connectivity index (χ4v) is 0.593. The molecule has 11 heavy (non-hydrogen) atoms. The molecule has 62 valence electrons. The van der Waals surface area contributed by atoms with Crippen molar-refractivity contribution in [3.05, 3.63) is 17.7 Å². The Bertz CT molecular complexity index is 246. The van der Waals surface area contributed by atoms with Crippen LogP contribution in [0.15, 0.2) is 6.20 Å². The molecule has 0 saturated heterocycles. The molecule has 0 saturated carbocycles. The van der Waals surface area contributed by atoms with Crippen LogP contribution in [0.4, 0.5) is 4.39 Å². The minimum Gasteiger partial charge on any atom is -0.324 e. The van der Waals surface area contributed by atoms with E-state index in [1.54, 1.807) is 0 Å². The molecule has 0 spiro atoms. The Morgan fingerprint density at radius 3 is 2.27 bits per heavy atom. The van der Waals surface area contributed by atoms with E-state index in [1.807, 2.05) is 0 Å². The summed E-state index contributed by atoms with van der Waals surface area (Å²) in [6.07, 6.45) is -2.16. The first kappa shape index (κ1) is 8.12. The fraction of sp³-hybridized carbons (Fsp3) is 0.400. The summed E-state index contributed by atoms with van der Waals surface area (Å²) in [4.78, 5) is 0. The van der Waals surface area contributed by atoms with Crippen molar-refractivity contribution in [2.75, 3.05) is 0 Å². The van der Waals surface area contributed by atoms with Gasteiger partial charge in [-0.15, -0.1) is 5.10 Å². The molecule has 1 aromatic heterocycles. The lowest BCUT2D eigenvalue weighted by Gasteiger charge is -2.12. The second-order valence-corrected chi connectivity index (χ2v) is 2.15. The largest absolute Gasteiger partial charge is 0.389 e. The zero-order chi connectivity index (χ0) is 8.65. The Labute approximate surface area is 61.3 Å². The fourth-order valence-electron chi connectivity index (χ4n) is 0.593. The summed E-state index contributed by atoms with van der Waals surface area (Å²) in [6.45, 7) is 1.38. The van der Waals surface area contributed by atoms with E-state index in [9.17, 15) is 4.39 Å². The zero-order valence-electron chi connectivity index (χ0n) is 5.69. The summed E-state index contributed by atoms with van der Waals surface area (Å²) in [7, 11) is 0. The number of nitrogens with zero attached hydrogens (tertiary/aromatic N) is 2. The molecule has 0 aliphatic carbocycles. The lowest BCUT2D eigenvalue weighted by Crippen LogP contribution is -2.32. The van der Waals surface area contributed by atoms with E-state index in [4.69, 9.17) is 15.3 Å². The molecule has 0 bridgehead atoms. The van der Waals surface area contributed by atoms with Gasteiger partial charge < -0.3 is 15.3 Å². The first-order valence-corrected chi connectivity index (χ1v) is 2.80. The summed E-state index contributed by atoms with van der Waals surface area (Å²) in [6, 6.07) is 0. The van der Waals surface area contributed by atoms with Gasteiger partial charge in [-0.1, -0.05) is 0 Å². The van der Waals surface area contributed by atoms with Crippen molar-refractivity contribution in [1.82, 2.24) is 9.78 Å². The van der Waals surface area contributed by atoms with Crippen LogP contribution in [-0.2, 0) is 6.10 Å². The zero-order valence-corrected chi connectivity index (χ0v) is 5.69. The highest BCUT2D eigenvalue weighted by molar-refractivity contribution is 5.02. The van der Waals surface area contributed by atoms with E-state index in [0.29, 0.717) is 4.68 Å². The van der Waals surface area contributed by atoms with Crippen LogP contribution in [0.1, 0.15) is 5.56 Å². The van der Waals surface area contributed by atoms with Gasteiger partial charge in [0.05, 0.1) is 0 Å². The van der Waals surface area contributed by atoms with Gasteiger partial charge in [-0.3, -0.25) is 0 Å². The highest BCUT2D eigenvalue weighted by Crippen LogP contribution is 2.07. The highest BCUT2D eigenvalue weighted by atomic mass is 19.1. The summed E-state index contributed by atoms with van der Waals surface area (Å²) in [5.74, 6) is -0.855. The van der Waals surface area contributed by atoms with Crippen LogP contribution < -0.4 is 0 Å². The molecule has 6 heteroatoms. The number of aliphatic hydroxyl groups is 3. The van der Waals surface area contributed by atoms with E-state index in [2.05, 4.69) is 5.10 Å². The Balaban J connectivity index is 3.08. The quantitative estimate of drug-likeness (QED) is 0.457. The smallest absolute Gasteiger partial charge is 0.324 e. The highest BCUT2D eigenvalue weighted by Gasteiger charge is 2.23. The maximum atomic E-state index is 12.4. The van der Waals surface area contributed by atoms with Gasteiger partial charge in [0, 0.05) is 11.8 Å². The van der Waals surface area contributed by atoms with Crippen molar-refractivity contribution in [2.45, 2.75) is 13.0 Å². The number of hydrogen-bond acceptors (Lipinski definition) is 4.